The quantitative estimate of drug-likeness (QED) is 0.307. The van der Waals surface area contributed by atoms with Crippen LogP contribution < -0.4 is 14.2 Å². The Hall–Kier alpha value is -2.41. The third kappa shape index (κ3) is 6.63. The average molecular weight is 539 g/mol. The molecule has 2 aromatic rings. The predicted molar refractivity (Wildman–Crippen MR) is 138 cm³/mol. The number of hydrogen-bond donors (Lipinski definition) is 0. The van der Waals surface area contributed by atoms with E-state index in [-0.39, 0.29) is 23.0 Å². The molecule has 1 heterocycles. The molecule has 6 nitrogen and oxygen atoms in total. The van der Waals surface area contributed by atoms with Crippen LogP contribution in [0.3, 0.4) is 0 Å². The minimum absolute atomic E-state index is 0.0687. The maximum absolute atomic E-state index is 12.0. The summed E-state index contributed by atoms with van der Waals surface area (Å²) in [4.78, 5) is 17.6. The lowest BCUT2D eigenvalue weighted by Crippen LogP contribution is -2.12. The van der Waals surface area contributed by atoms with Crippen LogP contribution in [0, 0.1) is 0 Å². The molecule has 186 valence electrons. The van der Waals surface area contributed by atoms with E-state index < -0.39 is 0 Å². The number of hydrogen-bond acceptors (Lipinski definition) is 6. The fourth-order valence-electron chi connectivity index (χ4n) is 4.23. The van der Waals surface area contributed by atoms with Gasteiger partial charge in [-0.3, -0.25) is 4.79 Å². The molecule has 1 aliphatic carbocycles. The normalized spacial score (nSPS) is 16.7. The van der Waals surface area contributed by atoms with Crippen LogP contribution >= 0.6 is 34.8 Å². The van der Waals surface area contributed by atoms with Crippen molar-refractivity contribution in [1.29, 1.82) is 0 Å². The summed E-state index contributed by atoms with van der Waals surface area (Å²) in [7, 11) is 1.56. The zero-order valence-corrected chi connectivity index (χ0v) is 21.6. The molecule has 9 heteroatoms. The summed E-state index contributed by atoms with van der Waals surface area (Å²) in [5, 5.41) is 4.68. The van der Waals surface area contributed by atoms with E-state index in [0.717, 1.165) is 53.8 Å². The summed E-state index contributed by atoms with van der Waals surface area (Å²) in [6.07, 6.45) is 6.13. The Morgan fingerprint density at radius 1 is 1.14 bits per heavy atom. The first-order chi connectivity index (χ1) is 16.9. The van der Waals surface area contributed by atoms with Crippen molar-refractivity contribution in [3.05, 3.63) is 62.6 Å². The van der Waals surface area contributed by atoms with Gasteiger partial charge in [-0.25, -0.2) is 0 Å². The lowest BCUT2D eigenvalue weighted by atomic mass is 9.90. The Bertz CT molecular complexity index is 1140. The van der Waals surface area contributed by atoms with E-state index in [1.54, 1.807) is 19.3 Å². The Balaban J connectivity index is 1.30. The van der Waals surface area contributed by atoms with Crippen LogP contribution in [0.1, 0.15) is 53.6 Å². The summed E-state index contributed by atoms with van der Waals surface area (Å²) >= 11 is 17.7. The molecule has 0 saturated carbocycles. The lowest BCUT2D eigenvalue weighted by Gasteiger charge is -2.16. The van der Waals surface area contributed by atoms with Crippen LogP contribution in [0.15, 0.2) is 46.1 Å². The maximum atomic E-state index is 12.0. The van der Waals surface area contributed by atoms with Gasteiger partial charge in [-0.05, 0) is 61.6 Å². The minimum Gasteiger partial charge on any atom is -0.494 e. The molecule has 0 fully saturated rings. The van der Waals surface area contributed by atoms with E-state index in [1.165, 1.54) is 0 Å². The zero-order chi connectivity index (χ0) is 24.8. The van der Waals surface area contributed by atoms with Gasteiger partial charge in [0.15, 0.2) is 5.78 Å². The van der Waals surface area contributed by atoms with Crippen LogP contribution in [-0.2, 0) is 11.3 Å². The molecular formula is C26H26Cl3NO5. The largest absolute Gasteiger partial charge is 0.494 e. The SMILES string of the molecule is COc1c(Cl)cc(OCC=C(Cl)Cl)cc1C1=NOC(CCCOc2ccc3c(c2)CCCC3=O)C1. The van der Waals surface area contributed by atoms with Gasteiger partial charge in [0.1, 0.15) is 34.5 Å². The predicted octanol–water partition coefficient (Wildman–Crippen LogP) is 6.92. The number of fused-ring (bicyclic) bond motifs is 1. The first kappa shape index (κ1) is 25.7. The molecule has 2 aromatic carbocycles. The molecule has 4 rings (SSSR count). The van der Waals surface area contributed by atoms with Crippen molar-refractivity contribution in [2.45, 2.75) is 44.6 Å². The third-order valence-electron chi connectivity index (χ3n) is 5.92. The van der Waals surface area contributed by atoms with Gasteiger partial charge in [-0.2, -0.15) is 0 Å². The Morgan fingerprint density at radius 2 is 2.00 bits per heavy atom. The number of methoxy groups -OCH3 is 1. The van der Waals surface area contributed by atoms with Gasteiger partial charge in [0, 0.05) is 30.0 Å². The molecule has 1 unspecified atom stereocenters. The van der Waals surface area contributed by atoms with E-state index in [4.69, 9.17) is 53.9 Å². The van der Waals surface area contributed by atoms with Gasteiger partial charge in [0.2, 0.25) is 0 Å². The molecule has 0 aromatic heterocycles. The standard InChI is InChI=1S/C26H26Cl3NO5/c1-32-26-21(13-19(14-22(26)27)34-11-9-25(28)29)23-15-18(35-30-23)5-3-10-33-17-7-8-20-16(12-17)4-2-6-24(20)31/h7-9,12-14,18H,2-6,10-11,15H2,1H3. The molecule has 0 radical (unpaired) electrons. The molecule has 0 saturated heterocycles. The van der Waals surface area contributed by atoms with Crippen LogP contribution in [0.2, 0.25) is 5.02 Å². The second-order valence-corrected chi connectivity index (χ2v) is 9.76. The molecule has 0 amide bonds. The van der Waals surface area contributed by atoms with Crippen molar-refractivity contribution in [3.8, 4) is 17.2 Å². The van der Waals surface area contributed by atoms with E-state index in [0.29, 0.717) is 36.0 Å². The summed E-state index contributed by atoms with van der Waals surface area (Å²) in [6.45, 7) is 0.758. The minimum atomic E-state index is -0.0687. The van der Waals surface area contributed by atoms with E-state index in [9.17, 15) is 4.79 Å². The molecule has 2 aliphatic rings. The van der Waals surface area contributed by atoms with Gasteiger partial charge in [-0.1, -0.05) is 40.0 Å². The highest BCUT2D eigenvalue weighted by molar-refractivity contribution is 6.55. The van der Waals surface area contributed by atoms with Crippen molar-refractivity contribution in [3.63, 3.8) is 0 Å². The molecule has 1 atom stereocenters. The zero-order valence-electron chi connectivity index (χ0n) is 19.3. The first-order valence-corrected chi connectivity index (χ1v) is 12.6. The number of halogens is 3. The van der Waals surface area contributed by atoms with Crippen LogP contribution in [0.4, 0.5) is 0 Å². The van der Waals surface area contributed by atoms with Gasteiger partial charge < -0.3 is 19.0 Å². The van der Waals surface area contributed by atoms with Crippen LogP contribution in [0.5, 0.6) is 17.2 Å². The van der Waals surface area contributed by atoms with Gasteiger partial charge >= 0.3 is 0 Å². The topological polar surface area (TPSA) is 66.3 Å². The number of ether oxygens (including phenoxy) is 3. The summed E-state index contributed by atoms with van der Waals surface area (Å²) < 4.78 is 17.2. The second kappa shape index (κ2) is 12.0. The Labute approximate surface area is 219 Å². The molecule has 0 bridgehead atoms. The molecule has 35 heavy (non-hydrogen) atoms. The Kier molecular flexibility index (Phi) is 8.82. The number of carbonyl (C=O) groups excluding carboxylic acids is 1. The lowest BCUT2D eigenvalue weighted by molar-refractivity contribution is 0.0741. The van der Waals surface area contributed by atoms with Gasteiger partial charge in [0.05, 0.1) is 24.5 Å². The van der Waals surface area contributed by atoms with Crippen molar-refractivity contribution in [1.82, 2.24) is 0 Å². The fraction of sp³-hybridized carbons (Fsp3) is 0.385. The van der Waals surface area contributed by atoms with E-state index in [2.05, 4.69) is 5.16 Å². The van der Waals surface area contributed by atoms with E-state index >= 15 is 0 Å². The highest BCUT2D eigenvalue weighted by Gasteiger charge is 2.26. The summed E-state index contributed by atoms with van der Waals surface area (Å²) in [6, 6.07) is 9.22. The molecule has 0 spiro atoms. The summed E-state index contributed by atoms with van der Waals surface area (Å²) in [5.74, 6) is 2.08. The number of rotatable bonds is 10. The molecule has 0 N–H and O–H groups in total. The summed E-state index contributed by atoms with van der Waals surface area (Å²) in [5.41, 5.74) is 3.37. The fourth-order valence-corrected chi connectivity index (χ4v) is 4.64. The number of carbonyl (C=O) groups is 1. The number of aryl methyl sites for hydroxylation is 1. The second-order valence-electron chi connectivity index (χ2n) is 8.35. The van der Waals surface area contributed by atoms with E-state index in [1.807, 2.05) is 24.3 Å². The number of nitrogens with zero attached hydrogens (tertiary/aromatic N) is 1. The third-order valence-corrected chi connectivity index (χ3v) is 6.51. The van der Waals surface area contributed by atoms with Crippen LogP contribution in [0.25, 0.3) is 0 Å². The monoisotopic (exact) mass is 537 g/mol. The van der Waals surface area contributed by atoms with Crippen molar-refractivity contribution < 1.29 is 23.8 Å². The van der Waals surface area contributed by atoms with Crippen molar-refractivity contribution >= 4 is 46.3 Å². The smallest absolute Gasteiger partial charge is 0.163 e. The molecular weight excluding hydrogens is 513 g/mol. The number of ketones is 1. The number of Topliss-reactive ketones (excluding diaryl/α,β-unsaturated/α-hetero) is 1. The van der Waals surface area contributed by atoms with Gasteiger partial charge in [-0.15, -0.1) is 0 Å². The average Bonchev–Trinajstić information content (AvgIpc) is 3.30. The number of benzene rings is 2. The maximum Gasteiger partial charge on any atom is 0.163 e. The van der Waals surface area contributed by atoms with Crippen LogP contribution in [-0.4, -0.2) is 37.9 Å². The van der Waals surface area contributed by atoms with Gasteiger partial charge in [0.25, 0.3) is 0 Å². The van der Waals surface area contributed by atoms with Crippen molar-refractivity contribution in [2.24, 2.45) is 5.16 Å². The van der Waals surface area contributed by atoms with Crippen molar-refractivity contribution in [2.75, 3.05) is 20.3 Å². The first-order valence-electron chi connectivity index (χ1n) is 11.5. The molecule has 1 aliphatic heterocycles. The highest BCUT2D eigenvalue weighted by Crippen LogP contribution is 2.36. The number of oxime groups is 1. The highest BCUT2D eigenvalue weighted by atomic mass is 35.5. The Morgan fingerprint density at radius 3 is 2.80 bits per heavy atom.